The topological polar surface area (TPSA) is 103 Å². The number of nitro groups is 1. The van der Waals surface area contributed by atoms with Gasteiger partial charge in [-0.3, -0.25) is 15.1 Å². The Bertz CT molecular complexity index is 1290. The number of pyridine rings is 1. The summed E-state index contributed by atoms with van der Waals surface area (Å²) in [6.45, 7) is 0. The Balaban J connectivity index is 1.79. The summed E-state index contributed by atoms with van der Waals surface area (Å²) >= 11 is 3.41. The van der Waals surface area contributed by atoms with Crippen LogP contribution in [0.25, 0.3) is 10.9 Å². The zero-order valence-electron chi connectivity index (χ0n) is 14.8. The van der Waals surface area contributed by atoms with Crippen LogP contribution in [0.15, 0.2) is 59.5 Å². The van der Waals surface area contributed by atoms with E-state index in [2.05, 4.69) is 36.2 Å². The number of aromatic nitrogens is 3. The summed E-state index contributed by atoms with van der Waals surface area (Å²) in [7, 11) is 0. The minimum absolute atomic E-state index is 0.221. The number of rotatable bonds is 5. The summed E-state index contributed by atoms with van der Waals surface area (Å²) in [6, 6.07) is 9.48. The molecule has 2 aromatic heterocycles. The zero-order valence-corrected chi connectivity index (χ0v) is 16.4. The van der Waals surface area contributed by atoms with Gasteiger partial charge in [0.25, 0.3) is 0 Å². The maximum Gasteiger partial charge on any atom is 0.373 e. The lowest BCUT2D eigenvalue weighted by molar-refractivity contribution is -0.385. The molecule has 4 rings (SSSR count). The lowest BCUT2D eigenvalue weighted by atomic mass is 10.2. The summed E-state index contributed by atoms with van der Waals surface area (Å²) in [4.78, 5) is 22.8. The van der Waals surface area contributed by atoms with E-state index in [4.69, 9.17) is 4.74 Å². The molecule has 0 saturated carbocycles. The zero-order chi connectivity index (χ0) is 21.3. The first-order valence-electron chi connectivity index (χ1n) is 8.36. The number of nitrogens with one attached hydrogen (secondary N) is 1. The van der Waals surface area contributed by atoms with Gasteiger partial charge < -0.3 is 10.1 Å². The van der Waals surface area contributed by atoms with E-state index in [0.717, 1.165) is 34.4 Å². The van der Waals surface area contributed by atoms with Crippen LogP contribution in [0.2, 0.25) is 0 Å². The summed E-state index contributed by atoms with van der Waals surface area (Å²) < 4.78 is 33.9. The van der Waals surface area contributed by atoms with E-state index in [0.29, 0.717) is 5.52 Å². The number of anilines is 2. The SMILES string of the molecule is O=[N+]([O-])c1c(Nc2cc(F)ccc2F)ncnc1Oc1ccc(Br)c2cccnc12. The van der Waals surface area contributed by atoms with Gasteiger partial charge in [-0.15, -0.1) is 0 Å². The number of hydrogen-bond acceptors (Lipinski definition) is 7. The van der Waals surface area contributed by atoms with Gasteiger partial charge in [0.1, 0.15) is 23.5 Å². The summed E-state index contributed by atoms with van der Waals surface area (Å²) in [6.07, 6.45) is 2.56. The molecule has 1 N–H and O–H groups in total. The Morgan fingerprint density at radius 3 is 2.73 bits per heavy atom. The molecule has 4 aromatic rings. The number of ether oxygens (including phenoxy) is 1. The summed E-state index contributed by atoms with van der Waals surface area (Å²) in [5.41, 5.74) is -0.517. The van der Waals surface area contributed by atoms with Crippen LogP contribution in [-0.4, -0.2) is 19.9 Å². The van der Waals surface area contributed by atoms with Crippen LogP contribution >= 0.6 is 15.9 Å². The van der Waals surface area contributed by atoms with Crippen molar-refractivity contribution in [3.63, 3.8) is 0 Å². The van der Waals surface area contributed by atoms with Crippen molar-refractivity contribution in [3.8, 4) is 11.6 Å². The number of fused-ring (bicyclic) bond motifs is 1. The quantitative estimate of drug-likeness (QED) is 0.301. The third-order valence-corrected chi connectivity index (χ3v) is 4.73. The highest BCUT2D eigenvalue weighted by molar-refractivity contribution is 9.10. The van der Waals surface area contributed by atoms with Crippen LogP contribution in [0.1, 0.15) is 0 Å². The normalized spacial score (nSPS) is 10.8. The molecular weight excluding hydrogens is 464 g/mol. The highest BCUT2D eigenvalue weighted by atomic mass is 79.9. The molecule has 30 heavy (non-hydrogen) atoms. The Kier molecular flexibility index (Phi) is 5.19. The largest absolute Gasteiger partial charge is 0.431 e. The molecule has 0 fully saturated rings. The molecule has 0 saturated heterocycles. The van der Waals surface area contributed by atoms with E-state index >= 15 is 0 Å². The van der Waals surface area contributed by atoms with Gasteiger partial charge >= 0.3 is 11.6 Å². The second kappa shape index (κ2) is 7.95. The van der Waals surface area contributed by atoms with Crippen LogP contribution < -0.4 is 10.1 Å². The van der Waals surface area contributed by atoms with E-state index in [9.17, 15) is 18.9 Å². The van der Waals surface area contributed by atoms with Gasteiger partial charge in [-0.1, -0.05) is 22.0 Å². The van der Waals surface area contributed by atoms with Gasteiger partial charge in [0.15, 0.2) is 5.75 Å². The second-order valence-corrected chi connectivity index (χ2v) is 6.78. The van der Waals surface area contributed by atoms with E-state index in [1.54, 1.807) is 30.5 Å². The first kappa shape index (κ1) is 19.6. The first-order valence-corrected chi connectivity index (χ1v) is 9.16. The number of hydrogen-bond donors (Lipinski definition) is 1. The second-order valence-electron chi connectivity index (χ2n) is 5.93. The molecule has 11 heteroatoms. The van der Waals surface area contributed by atoms with Gasteiger partial charge in [-0.05, 0) is 30.3 Å². The molecule has 0 bridgehead atoms. The number of halogens is 3. The fourth-order valence-corrected chi connectivity index (χ4v) is 3.16. The Morgan fingerprint density at radius 2 is 1.93 bits per heavy atom. The fourth-order valence-electron chi connectivity index (χ4n) is 2.71. The van der Waals surface area contributed by atoms with Crippen molar-refractivity contribution < 1.29 is 18.4 Å². The predicted octanol–water partition coefficient (Wildman–Crippen LogP) is 5.51. The Labute approximate surface area is 175 Å². The number of nitrogens with zero attached hydrogens (tertiary/aromatic N) is 4. The van der Waals surface area contributed by atoms with Crippen LogP contribution in [-0.2, 0) is 0 Å². The molecule has 0 amide bonds. The Morgan fingerprint density at radius 1 is 1.10 bits per heavy atom. The fraction of sp³-hybridized carbons (Fsp3) is 0. The van der Waals surface area contributed by atoms with Crippen molar-refractivity contribution in [1.29, 1.82) is 0 Å². The number of benzene rings is 2. The van der Waals surface area contributed by atoms with Crippen molar-refractivity contribution in [2.45, 2.75) is 0 Å². The molecule has 150 valence electrons. The van der Waals surface area contributed by atoms with Crippen molar-refractivity contribution >= 4 is 44.0 Å². The molecule has 2 heterocycles. The Hall–Kier alpha value is -3.73. The summed E-state index contributed by atoms with van der Waals surface area (Å²) in [5, 5.41) is 14.9. The van der Waals surface area contributed by atoms with Crippen molar-refractivity contribution in [2.24, 2.45) is 0 Å². The van der Waals surface area contributed by atoms with Gasteiger partial charge in [0.2, 0.25) is 5.82 Å². The monoisotopic (exact) mass is 473 g/mol. The third-order valence-electron chi connectivity index (χ3n) is 4.04. The van der Waals surface area contributed by atoms with Crippen molar-refractivity contribution in [3.05, 3.63) is 81.2 Å². The molecule has 2 aromatic carbocycles. The van der Waals surface area contributed by atoms with Crippen LogP contribution in [0.4, 0.5) is 26.0 Å². The average Bonchev–Trinajstić information content (AvgIpc) is 2.73. The minimum Gasteiger partial charge on any atom is -0.431 e. The van der Waals surface area contributed by atoms with Crippen LogP contribution in [0, 0.1) is 21.7 Å². The summed E-state index contributed by atoms with van der Waals surface area (Å²) in [5.74, 6) is -2.06. The molecule has 0 spiro atoms. The van der Waals surface area contributed by atoms with Gasteiger partial charge in [-0.25, -0.2) is 13.8 Å². The van der Waals surface area contributed by atoms with E-state index in [1.165, 1.54) is 0 Å². The van der Waals surface area contributed by atoms with Crippen LogP contribution in [0.3, 0.4) is 0 Å². The van der Waals surface area contributed by atoms with Crippen molar-refractivity contribution in [1.82, 2.24) is 15.0 Å². The highest BCUT2D eigenvalue weighted by Gasteiger charge is 2.26. The maximum atomic E-state index is 14.0. The van der Waals surface area contributed by atoms with Crippen LogP contribution in [0.5, 0.6) is 11.6 Å². The highest BCUT2D eigenvalue weighted by Crippen LogP contribution is 2.38. The van der Waals surface area contributed by atoms with Gasteiger partial charge in [0.05, 0.1) is 10.6 Å². The molecule has 0 aliphatic heterocycles. The lowest BCUT2D eigenvalue weighted by Gasteiger charge is -2.11. The molecular formula is C19H10BrF2N5O3. The average molecular weight is 474 g/mol. The molecule has 0 atom stereocenters. The molecule has 0 aliphatic rings. The van der Waals surface area contributed by atoms with Crippen molar-refractivity contribution in [2.75, 3.05) is 5.32 Å². The van der Waals surface area contributed by atoms with Gasteiger partial charge in [-0.2, -0.15) is 4.98 Å². The van der Waals surface area contributed by atoms with E-state index in [-0.39, 0.29) is 23.1 Å². The third kappa shape index (κ3) is 3.74. The molecule has 0 radical (unpaired) electrons. The van der Waals surface area contributed by atoms with E-state index in [1.807, 2.05) is 0 Å². The minimum atomic E-state index is -0.810. The predicted molar refractivity (Wildman–Crippen MR) is 108 cm³/mol. The standard InChI is InChI=1S/C19H10BrF2N5O3/c20-12-4-6-15(16-11(12)2-1-7-23-16)30-19-17(27(28)29)18(24-9-25-19)26-14-8-10(21)3-5-13(14)22/h1-9H,(H,24,25,26). The van der Waals surface area contributed by atoms with E-state index < -0.39 is 22.2 Å². The lowest BCUT2D eigenvalue weighted by Crippen LogP contribution is -2.05. The molecule has 8 nitrogen and oxygen atoms in total. The first-order chi connectivity index (χ1) is 14.4. The van der Waals surface area contributed by atoms with Gasteiger partial charge in [0, 0.05) is 22.1 Å². The maximum absolute atomic E-state index is 14.0. The smallest absolute Gasteiger partial charge is 0.373 e. The molecule has 0 unspecified atom stereocenters. The molecule has 0 aliphatic carbocycles.